The van der Waals surface area contributed by atoms with Crippen LogP contribution < -0.4 is 11.1 Å². The van der Waals surface area contributed by atoms with Gasteiger partial charge in [-0.2, -0.15) is 0 Å². The van der Waals surface area contributed by atoms with E-state index in [1.165, 1.54) is 12.8 Å². The Morgan fingerprint density at radius 1 is 1.47 bits per heavy atom. The Kier molecular flexibility index (Phi) is 2.55. The van der Waals surface area contributed by atoms with Crippen molar-refractivity contribution in [3.05, 3.63) is 18.2 Å². The zero-order chi connectivity index (χ0) is 10.9. The summed E-state index contributed by atoms with van der Waals surface area (Å²) < 4.78 is 0. The second-order valence-corrected chi connectivity index (χ2v) is 4.82. The van der Waals surface area contributed by atoms with Crippen LogP contribution in [0.25, 0.3) is 0 Å². The first kappa shape index (κ1) is 10.3. The van der Waals surface area contributed by atoms with Crippen LogP contribution in [0.2, 0.25) is 0 Å². The highest BCUT2D eigenvalue weighted by Gasteiger charge is 2.44. The van der Waals surface area contributed by atoms with Gasteiger partial charge in [0.05, 0.1) is 0 Å². The monoisotopic (exact) mass is 205 g/mol. The maximum atomic E-state index is 5.62. The molecular formula is C12H19N3. The van der Waals surface area contributed by atoms with Crippen molar-refractivity contribution in [2.24, 2.45) is 11.3 Å². The van der Waals surface area contributed by atoms with Crippen LogP contribution in [0.1, 0.15) is 26.7 Å². The Morgan fingerprint density at radius 3 is 2.73 bits per heavy atom. The van der Waals surface area contributed by atoms with E-state index < -0.39 is 0 Å². The van der Waals surface area contributed by atoms with Gasteiger partial charge in [-0.3, -0.25) is 0 Å². The molecule has 1 fully saturated rings. The molecule has 3 N–H and O–H groups in total. The summed E-state index contributed by atoms with van der Waals surface area (Å²) in [6, 6.07) is 5.70. The summed E-state index contributed by atoms with van der Waals surface area (Å²) in [5, 5.41) is 3.38. The Bertz CT molecular complexity index is 342. The number of anilines is 2. The summed E-state index contributed by atoms with van der Waals surface area (Å²) in [7, 11) is 0. The number of aromatic nitrogens is 1. The van der Waals surface area contributed by atoms with Crippen molar-refractivity contribution >= 4 is 11.6 Å². The first-order chi connectivity index (χ1) is 7.12. The second-order valence-electron chi connectivity index (χ2n) is 4.82. The molecule has 0 aliphatic heterocycles. The average Bonchev–Trinajstić information content (AvgIpc) is 2.96. The Labute approximate surface area is 91.1 Å². The van der Waals surface area contributed by atoms with Gasteiger partial charge in [0.15, 0.2) is 0 Å². The molecule has 2 rings (SSSR count). The molecule has 3 nitrogen and oxygen atoms in total. The molecule has 0 aromatic carbocycles. The number of hydrogen-bond donors (Lipinski definition) is 2. The van der Waals surface area contributed by atoms with Crippen LogP contribution in [-0.2, 0) is 0 Å². The van der Waals surface area contributed by atoms with Gasteiger partial charge in [-0.25, -0.2) is 4.98 Å². The molecule has 0 saturated heterocycles. The lowest BCUT2D eigenvalue weighted by Gasteiger charge is -2.20. The second kappa shape index (κ2) is 3.72. The van der Waals surface area contributed by atoms with Crippen molar-refractivity contribution < 1.29 is 0 Å². The lowest BCUT2D eigenvalue weighted by molar-refractivity contribution is 0.380. The molecule has 0 spiro atoms. The summed E-state index contributed by atoms with van der Waals surface area (Å²) in [5.74, 6) is 2.21. The molecule has 82 valence electrons. The van der Waals surface area contributed by atoms with Gasteiger partial charge < -0.3 is 11.1 Å². The number of hydrogen-bond acceptors (Lipinski definition) is 3. The van der Waals surface area contributed by atoms with Gasteiger partial charge in [0, 0.05) is 6.54 Å². The van der Waals surface area contributed by atoms with Crippen molar-refractivity contribution in [3.63, 3.8) is 0 Å². The molecule has 15 heavy (non-hydrogen) atoms. The minimum atomic E-state index is 0.506. The van der Waals surface area contributed by atoms with E-state index in [1.807, 2.05) is 12.1 Å². The summed E-state index contributed by atoms with van der Waals surface area (Å²) in [6.07, 6.45) is 2.67. The summed E-state index contributed by atoms with van der Waals surface area (Å²) in [6.45, 7) is 5.60. The molecule has 1 saturated carbocycles. The van der Waals surface area contributed by atoms with Crippen molar-refractivity contribution in [2.45, 2.75) is 26.7 Å². The third kappa shape index (κ3) is 2.22. The van der Waals surface area contributed by atoms with Gasteiger partial charge in [-0.1, -0.05) is 19.9 Å². The zero-order valence-electron chi connectivity index (χ0n) is 9.46. The van der Waals surface area contributed by atoms with E-state index in [1.54, 1.807) is 6.07 Å². The van der Waals surface area contributed by atoms with E-state index in [9.17, 15) is 0 Å². The molecule has 1 aromatic rings. The predicted molar refractivity (Wildman–Crippen MR) is 63.6 cm³/mol. The van der Waals surface area contributed by atoms with Crippen LogP contribution in [0.15, 0.2) is 18.2 Å². The highest BCUT2D eigenvalue weighted by molar-refractivity contribution is 5.42. The molecule has 1 heterocycles. The van der Waals surface area contributed by atoms with Crippen LogP contribution >= 0.6 is 0 Å². The maximum absolute atomic E-state index is 5.62. The molecule has 1 aliphatic carbocycles. The molecular weight excluding hydrogens is 186 g/mol. The summed E-state index contributed by atoms with van der Waals surface area (Å²) in [5.41, 5.74) is 6.13. The number of nitrogens with one attached hydrogen (secondary N) is 1. The number of nitrogens with zero attached hydrogens (tertiary/aromatic N) is 1. The quantitative estimate of drug-likeness (QED) is 0.794. The molecule has 0 unspecified atom stereocenters. The molecule has 3 heteroatoms. The van der Waals surface area contributed by atoms with Crippen molar-refractivity contribution in [2.75, 3.05) is 17.6 Å². The largest absolute Gasteiger partial charge is 0.384 e. The molecule has 1 aliphatic rings. The highest BCUT2D eigenvalue weighted by Crippen LogP contribution is 2.51. The number of nitrogen functional groups attached to an aromatic ring is 1. The highest BCUT2D eigenvalue weighted by atomic mass is 15.0. The van der Waals surface area contributed by atoms with E-state index >= 15 is 0 Å². The average molecular weight is 205 g/mol. The molecule has 0 atom stereocenters. The predicted octanol–water partition coefficient (Wildman–Crippen LogP) is 2.51. The van der Waals surface area contributed by atoms with Crippen LogP contribution in [0.3, 0.4) is 0 Å². The van der Waals surface area contributed by atoms with Gasteiger partial charge in [-0.15, -0.1) is 0 Å². The van der Waals surface area contributed by atoms with Gasteiger partial charge in [-0.05, 0) is 36.3 Å². The third-order valence-electron chi connectivity index (χ3n) is 3.51. The number of rotatable bonds is 4. The molecule has 0 radical (unpaired) electrons. The minimum absolute atomic E-state index is 0.506. The lowest BCUT2D eigenvalue weighted by atomic mass is 9.92. The van der Waals surface area contributed by atoms with E-state index in [0.717, 1.165) is 18.3 Å². The van der Waals surface area contributed by atoms with Crippen LogP contribution in [0.4, 0.5) is 11.6 Å². The Morgan fingerprint density at radius 2 is 2.20 bits per heavy atom. The fourth-order valence-electron chi connectivity index (χ4n) is 1.94. The maximum Gasteiger partial charge on any atom is 0.128 e. The number of nitrogens with two attached hydrogens (primary N) is 1. The van der Waals surface area contributed by atoms with Gasteiger partial charge >= 0.3 is 0 Å². The fraction of sp³-hybridized carbons (Fsp3) is 0.583. The first-order valence-electron chi connectivity index (χ1n) is 5.59. The SMILES string of the molecule is CC(C)C1(CNc2cccc(N)n2)CC1. The van der Waals surface area contributed by atoms with Crippen molar-refractivity contribution in [1.82, 2.24) is 4.98 Å². The van der Waals surface area contributed by atoms with E-state index in [-0.39, 0.29) is 0 Å². The Balaban J connectivity index is 1.94. The van der Waals surface area contributed by atoms with Crippen molar-refractivity contribution in [3.8, 4) is 0 Å². The minimum Gasteiger partial charge on any atom is -0.384 e. The summed E-state index contributed by atoms with van der Waals surface area (Å²) in [4.78, 5) is 4.23. The number of pyridine rings is 1. The summed E-state index contributed by atoms with van der Waals surface area (Å²) >= 11 is 0. The fourth-order valence-corrected chi connectivity index (χ4v) is 1.94. The van der Waals surface area contributed by atoms with E-state index in [0.29, 0.717) is 11.2 Å². The lowest BCUT2D eigenvalue weighted by Crippen LogP contribution is -2.21. The zero-order valence-corrected chi connectivity index (χ0v) is 9.46. The van der Waals surface area contributed by atoms with Crippen molar-refractivity contribution in [1.29, 1.82) is 0 Å². The normalized spacial score (nSPS) is 17.8. The standard InChI is InChI=1S/C12H19N3/c1-9(2)12(6-7-12)8-14-11-5-3-4-10(13)15-11/h3-5,9H,6-8H2,1-2H3,(H3,13,14,15). The van der Waals surface area contributed by atoms with Crippen LogP contribution in [-0.4, -0.2) is 11.5 Å². The van der Waals surface area contributed by atoms with E-state index in [4.69, 9.17) is 5.73 Å². The molecule has 1 aromatic heterocycles. The van der Waals surface area contributed by atoms with Crippen LogP contribution in [0.5, 0.6) is 0 Å². The van der Waals surface area contributed by atoms with Gasteiger partial charge in [0.1, 0.15) is 11.6 Å². The van der Waals surface area contributed by atoms with Gasteiger partial charge in [0.2, 0.25) is 0 Å². The molecule has 0 amide bonds. The molecule has 0 bridgehead atoms. The smallest absolute Gasteiger partial charge is 0.128 e. The Hall–Kier alpha value is -1.25. The van der Waals surface area contributed by atoms with Crippen LogP contribution in [0, 0.1) is 11.3 Å². The van der Waals surface area contributed by atoms with E-state index in [2.05, 4.69) is 24.1 Å². The third-order valence-corrected chi connectivity index (χ3v) is 3.51. The first-order valence-corrected chi connectivity index (χ1v) is 5.59. The van der Waals surface area contributed by atoms with Gasteiger partial charge in [0.25, 0.3) is 0 Å². The topological polar surface area (TPSA) is 50.9 Å².